The summed E-state index contributed by atoms with van der Waals surface area (Å²) in [5, 5.41) is 11.8. The van der Waals surface area contributed by atoms with Gasteiger partial charge < -0.3 is 14.5 Å². The summed E-state index contributed by atoms with van der Waals surface area (Å²) in [6.45, 7) is 6.67. The third kappa shape index (κ3) is 8.20. The maximum Gasteiger partial charge on any atom is 0.573 e. The van der Waals surface area contributed by atoms with Crippen LogP contribution in [0, 0.1) is 5.41 Å². The fourth-order valence-corrected chi connectivity index (χ4v) is 5.44. The number of halogens is 9. The molecule has 8 nitrogen and oxygen atoms in total. The zero-order valence-corrected chi connectivity index (χ0v) is 25.3. The zero-order chi connectivity index (χ0) is 34.4. The Hall–Kier alpha value is -4.05. The van der Waals surface area contributed by atoms with E-state index in [2.05, 4.69) is 20.1 Å². The van der Waals surface area contributed by atoms with Gasteiger partial charge in [-0.2, -0.15) is 31.1 Å². The molecule has 0 unspecified atom stereocenters. The Morgan fingerprint density at radius 1 is 0.957 bits per heavy atom. The van der Waals surface area contributed by atoms with Crippen LogP contribution in [0.25, 0.3) is 0 Å². The van der Waals surface area contributed by atoms with Gasteiger partial charge in [-0.05, 0) is 65.4 Å². The topological polar surface area (TPSA) is 76.4 Å². The number of carbonyl (C=O) groups excluding carboxylic acids is 1. The van der Waals surface area contributed by atoms with Crippen molar-refractivity contribution in [3.05, 3.63) is 58.7 Å². The summed E-state index contributed by atoms with van der Waals surface area (Å²) in [5.74, 6) is -1.17. The quantitative estimate of drug-likeness (QED) is 0.239. The van der Waals surface area contributed by atoms with E-state index in [1.54, 1.807) is 6.92 Å². The third-order valence-electron chi connectivity index (χ3n) is 7.26. The smallest absolute Gasteiger partial charge is 0.406 e. The fraction of sp³-hybridized carbons (Fsp3) is 0.517. The monoisotopic (exact) mass is 666 g/mol. The molecule has 17 heteroatoms. The Morgan fingerprint density at radius 3 is 2.04 bits per heavy atom. The van der Waals surface area contributed by atoms with Crippen molar-refractivity contribution in [2.24, 2.45) is 12.5 Å². The van der Waals surface area contributed by atoms with E-state index >= 15 is 0 Å². The third-order valence-corrected chi connectivity index (χ3v) is 7.26. The van der Waals surface area contributed by atoms with E-state index in [-0.39, 0.29) is 42.0 Å². The van der Waals surface area contributed by atoms with Crippen molar-refractivity contribution >= 4 is 17.5 Å². The average molecular weight is 667 g/mol. The molecule has 2 heterocycles. The van der Waals surface area contributed by atoms with Crippen molar-refractivity contribution in [2.45, 2.75) is 84.3 Å². The molecule has 0 aliphatic carbocycles. The first-order chi connectivity index (χ1) is 21.1. The normalized spacial score (nSPS) is 17.6. The summed E-state index contributed by atoms with van der Waals surface area (Å²) in [6, 6.07) is 2.87. The molecule has 0 saturated heterocycles. The van der Waals surface area contributed by atoms with Crippen LogP contribution >= 0.6 is 0 Å². The molecule has 2 atom stereocenters. The van der Waals surface area contributed by atoms with Gasteiger partial charge in [0.05, 0.1) is 24.2 Å². The molecule has 0 fully saturated rings. The van der Waals surface area contributed by atoms with Crippen molar-refractivity contribution in [1.82, 2.24) is 20.2 Å². The molecule has 1 amide bonds. The SMILES string of the molecule is CC[C@@H]1C[C@H](N(Cc2cc(C(F)(F)F)cc(C(F)(F)F)c2)c2nnn(C)n2)c2cc(OC(F)(F)F)ccc2N1C(=O)CC(C)(C)C. The average Bonchev–Trinajstić information content (AvgIpc) is 3.33. The van der Waals surface area contributed by atoms with Gasteiger partial charge in [-0.25, -0.2) is 0 Å². The molecule has 0 spiro atoms. The maximum atomic E-state index is 13.7. The first-order valence-corrected chi connectivity index (χ1v) is 14.1. The molecule has 3 aromatic rings. The fourth-order valence-electron chi connectivity index (χ4n) is 5.44. The van der Waals surface area contributed by atoms with Crippen LogP contribution in [-0.2, 0) is 30.7 Å². The lowest BCUT2D eigenvalue weighted by molar-refractivity contribution is -0.274. The lowest BCUT2D eigenvalue weighted by atomic mass is 9.86. The van der Waals surface area contributed by atoms with Gasteiger partial charge in [-0.15, -0.1) is 18.3 Å². The highest BCUT2D eigenvalue weighted by Crippen LogP contribution is 2.46. The number of alkyl halides is 9. The van der Waals surface area contributed by atoms with Crippen molar-refractivity contribution < 1.29 is 49.0 Å². The van der Waals surface area contributed by atoms with Crippen LogP contribution in [0.3, 0.4) is 0 Å². The Morgan fingerprint density at radius 2 is 1.57 bits per heavy atom. The van der Waals surface area contributed by atoms with E-state index in [1.807, 2.05) is 20.8 Å². The van der Waals surface area contributed by atoms with E-state index in [1.165, 1.54) is 22.9 Å². The van der Waals surface area contributed by atoms with Gasteiger partial charge in [-0.3, -0.25) is 4.79 Å². The van der Waals surface area contributed by atoms with Crippen LogP contribution in [0.15, 0.2) is 36.4 Å². The number of ether oxygens (including phenoxy) is 1. The molecule has 1 aliphatic heterocycles. The summed E-state index contributed by atoms with van der Waals surface area (Å²) in [6.07, 6.45) is -14.9. The van der Waals surface area contributed by atoms with Gasteiger partial charge >= 0.3 is 18.7 Å². The molecular weight excluding hydrogens is 635 g/mol. The van der Waals surface area contributed by atoms with E-state index < -0.39 is 65.2 Å². The Labute approximate surface area is 258 Å². The number of hydrogen-bond acceptors (Lipinski definition) is 6. The number of hydrogen-bond donors (Lipinski definition) is 0. The van der Waals surface area contributed by atoms with Crippen LogP contribution in [-0.4, -0.2) is 38.5 Å². The van der Waals surface area contributed by atoms with Crippen LogP contribution in [0.5, 0.6) is 5.75 Å². The second-order valence-corrected chi connectivity index (χ2v) is 12.2. The maximum absolute atomic E-state index is 13.7. The second kappa shape index (κ2) is 12.3. The van der Waals surface area contributed by atoms with Crippen LogP contribution in [0.4, 0.5) is 51.1 Å². The number of benzene rings is 2. The number of nitrogens with zero attached hydrogens (tertiary/aromatic N) is 6. The number of carbonyl (C=O) groups is 1. The Balaban J connectivity index is 1.92. The predicted molar refractivity (Wildman–Crippen MR) is 148 cm³/mol. The molecule has 0 saturated carbocycles. The number of amides is 1. The number of fused-ring (bicyclic) bond motifs is 1. The number of aryl methyl sites for hydroxylation is 1. The lowest BCUT2D eigenvalue weighted by Crippen LogP contribution is -2.48. The largest absolute Gasteiger partial charge is 0.573 e. The minimum absolute atomic E-state index is 0.00308. The summed E-state index contributed by atoms with van der Waals surface area (Å²) >= 11 is 0. The molecule has 4 rings (SSSR count). The molecule has 2 aromatic carbocycles. The summed E-state index contributed by atoms with van der Waals surface area (Å²) in [5.41, 5.74) is -3.65. The molecule has 0 N–H and O–H groups in total. The van der Waals surface area contributed by atoms with Gasteiger partial charge in [0.25, 0.3) is 5.95 Å². The number of tetrazole rings is 1. The summed E-state index contributed by atoms with van der Waals surface area (Å²) < 4.78 is 126. The zero-order valence-electron chi connectivity index (χ0n) is 25.3. The lowest BCUT2D eigenvalue weighted by Gasteiger charge is -2.45. The standard InChI is InChI=1S/C29H31F9N6O2/c1-6-19-12-23(21-13-20(46-29(36,37)38)7-8-22(21)44(19)24(45)14-26(2,3)4)43(25-39-41-42(5)40-25)15-16-9-17(27(30,31)32)11-18(10-16)28(33,34)35/h7-11,13,19,23H,6,12,14-15H2,1-5H3/t19-,23+/m1/s1. The second-order valence-electron chi connectivity index (χ2n) is 12.2. The van der Waals surface area contributed by atoms with Crippen LogP contribution in [0.1, 0.15) is 75.3 Å². The van der Waals surface area contributed by atoms with Gasteiger partial charge in [-0.1, -0.05) is 32.8 Å². The van der Waals surface area contributed by atoms with Gasteiger partial charge in [0.1, 0.15) is 5.75 Å². The summed E-state index contributed by atoms with van der Waals surface area (Å²) in [7, 11) is 1.38. The Bertz CT molecular complexity index is 1530. The van der Waals surface area contributed by atoms with E-state index in [0.717, 1.165) is 16.9 Å². The molecule has 46 heavy (non-hydrogen) atoms. The number of rotatable bonds is 7. The molecule has 252 valence electrons. The van der Waals surface area contributed by atoms with E-state index in [4.69, 9.17) is 0 Å². The van der Waals surface area contributed by atoms with E-state index in [9.17, 15) is 44.3 Å². The van der Waals surface area contributed by atoms with Gasteiger partial charge in [0.2, 0.25) is 5.91 Å². The minimum Gasteiger partial charge on any atom is -0.406 e. The first kappa shape index (κ1) is 34.8. The van der Waals surface area contributed by atoms with Gasteiger partial charge in [0, 0.05) is 30.3 Å². The van der Waals surface area contributed by atoms with Crippen LogP contribution in [0.2, 0.25) is 0 Å². The first-order valence-electron chi connectivity index (χ1n) is 14.1. The predicted octanol–water partition coefficient (Wildman–Crippen LogP) is 7.85. The van der Waals surface area contributed by atoms with Crippen LogP contribution < -0.4 is 14.5 Å². The molecule has 0 bridgehead atoms. The number of anilines is 2. The summed E-state index contributed by atoms with van der Waals surface area (Å²) in [4.78, 5) is 17.4. The highest BCUT2D eigenvalue weighted by atomic mass is 19.4. The molecule has 1 aliphatic rings. The highest BCUT2D eigenvalue weighted by molar-refractivity contribution is 5.96. The molecule has 1 aromatic heterocycles. The molecule has 0 radical (unpaired) electrons. The van der Waals surface area contributed by atoms with Crippen molar-refractivity contribution in [2.75, 3.05) is 9.80 Å². The van der Waals surface area contributed by atoms with Crippen molar-refractivity contribution in [1.29, 1.82) is 0 Å². The molecular formula is C29H31F9N6O2. The minimum atomic E-state index is -5.12. The highest BCUT2D eigenvalue weighted by Gasteiger charge is 2.42. The van der Waals surface area contributed by atoms with Gasteiger partial charge in [0.15, 0.2) is 0 Å². The Kier molecular flexibility index (Phi) is 9.30. The van der Waals surface area contributed by atoms with Crippen molar-refractivity contribution in [3.8, 4) is 5.75 Å². The number of aromatic nitrogens is 4. The van der Waals surface area contributed by atoms with E-state index in [0.29, 0.717) is 18.6 Å². The van der Waals surface area contributed by atoms with Crippen molar-refractivity contribution in [3.63, 3.8) is 0 Å².